The fourth-order valence-corrected chi connectivity index (χ4v) is 4.02. The lowest BCUT2D eigenvalue weighted by molar-refractivity contribution is -0.129. The SMILES string of the molecule is CNC(=O)C(C(=O)N(C)c1ccccc1)c1ccc(C(=O)Nc2cc(-c3ccccc3)ccc2N)cc1. The molecule has 0 aliphatic heterocycles. The zero-order valence-corrected chi connectivity index (χ0v) is 20.6. The number of nitrogens with zero attached hydrogens (tertiary/aromatic N) is 1. The Kier molecular flexibility index (Phi) is 7.64. The van der Waals surface area contributed by atoms with E-state index in [1.165, 1.54) is 11.9 Å². The number of para-hydroxylation sites is 1. The van der Waals surface area contributed by atoms with Gasteiger partial charge in [-0.3, -0.25) is 14.4 Å². The van der Waals surface area contributed by atoms with Gasteiger partial charge in [0.25, 0.3) is 5.91 Å². The molecule has 0 saturated carbocycles. The molecule has 37 heavy (non-hydrogen) atoms. The number of benzene rings is 4. The largest absolute Gasteiger partial charge is 0.397 e. The minimum absolute atomic E-state index is 0.354. The van der Waals surface area contributed by atoms with Crippen LogP contribution >= 0.6 is 0 Å². The van der Waals surface area contributed by atoms with E-state index in [1.807, 2.05) is 60.7 Å². The van der Waals surface area contributed by atoms with Crippen molar-refractivity contribution >= 4 is 34.8 Å². The topological polar surface area (TPSA) is 105 Å². The van der Waals surface area contributed by atoms with Crippen molar-refractivity contribution in [1.29, 1.82) is 0 Å². The van der Waals surface area contributed by atoms with E-state index in [9.17, 15) is 14.4 Å². The molecule has 0 aliphatic rings. The molecule has 0 saturated heterocycles. The van der Waals surface area contributed by atoms with Gasteiger partial charge in [0.2, 0.25) is 11.8 Å². The maximum atomic E-state index is 13.3. The predicted octanol–water partition coefficient (Wildman–Crippen LogP) is 4.68. The number of hydrogen-bond donors (Lipinski definition) is 3. The zero-order chi connectivity index (χ0) is 26.4. The molecule has 1 unspecified atom stereocenters. The third-order valence-corrected chi connectivity index (χ3v) is 6.14. The molecule has 7 heteroatoms. The number of carbonyl (C=O) groups is 3. The Morgan fingerprint density at radius 3 is 2.03 bits per heavy atom. The predicted molar refractivity (Wildman–Crippen MR) is 147 cm³/mol. The Bertz CT molecular complexity index is 1400. The molecular weight excluding hydrogens is 464 g/mol. The Balaban J connectivity index is 1.55. The van der Waals surface area contributed by atoms with Gasteiger partial charge in [-0.1, -0.05) is 66.7 Å². The Hall–Kier alpha value is -4.91. The summed E-state index contributed by atoms with van der Waals surface area (Å²) in [7, 11) is 3.12. The third-order valence-electron chi connectivity index (χ3n) is 6.14. The van der Waals surface area contributed by atoms with E-state index >= 15 is 0 Å². The third kappa shape index (κ3) is 5.67. The van der Waals surface area contributed by atoms with E-state index in [0.29, 0.717) is 28.2 Å². The first-order chi connectivity index (χ1) is 17.9. The number of nitrogens with one attached hydrogen (secondary N) is 2. The molecule has 0 fully saturated rings. The molecule has 0 aliphatic carbocycles. The van der Waals surface area contributed by atoms with Crippen molar-refractivity contribution in [2.45, 2.75) is 5.92 Å². The van der Waals surface area contributed by atoms with Gasteiger partial charge < -0.3 is 21.3 Å². The van der Waals surface area contributed by atoms with E-state index in [0.717, 1.165) is 11.1 Å². The molecule has 4 rings (SSSR count). The van der Waals surface area contributed by atoms with E-state index in [1.54, 1.807) is 49.5 Å². The van der Waals surface area contributed by atoms with E-state index in [4.69, 9.17) is 5.73 Å². The fourth-order valence-electron chi connectivity index (χ4n) is 4.02. The molecule has 7 nitrogen and oxygen atoms in total. The van der Waals surface area contributed by atoms with Crippen LogP contribution in [0.15, 0.2) is 103 Å². The zero-order valence-electron chi connectivity index (χ0n) is 20.6. The van der Waals surface area contributed by atoms with Crippen molar-refractivity contribution in [1.82, 2.24) is 5.32 Å². The second-order valence-electron chi connectivity index (χ2n) is 8.52. The normalized spacial score (nSPS) is 11.3. The van der Waals surface area contributed by atoms with Crippen LogP contribution in [0.25, 0.3) is 11.1 Å². The van der Waals surface area contributed by atoms with Gasteiger partial charge in [-0.15, -0.1) is 0 Å². The van der Waals surface area contributed by atoms with Crippen molar-refractivity contribution in [3.8, 4) is 11.1 Å². The number of amides is 3. The van der Waals surface area contributed by atoms with Crippen LogP contribution in [0.5, 0.6) is 0 Å². The average molecular weight is 493 g/mol. The summed E-state index contributed by atoms with van der Waals surface area (Å²) in [6.45, 7) is 0. The summed E-state index contributed by atoms with van der Waals surface area (Å²) >= 11 is 0. The van der Waals surface area contributed by atoms with Gasteiger partial charge in [-0.2, -0.15) is 0 Å². The molecule has 0 heterocycles. The lowest BCUT2D eigenvalue weighted by Gasteiger charge is -2.23. The number of anilines is 3. The van der Waals surface area contributed by atoms with Crippen molar-refractivity contribution in [2.75, 3.05) is 30.0 Å². The highest BCUT2D eigenvalue weighted by Crippen LogP contribution is 2.28. The van der Waals surface area contributed by atoms with Crippen LogP contribution < -0.4 is 21.3 Å². The van der Waals surface area contributed by atoms with Crippen LogP contribution in [0, 0.1) is 0 Å². The minimum Gasteiger partial charge on any atom is -0.397 e. The second-order valence-corrected chi connectivity index (χ2v) is 8.52. The number of nitrogen functional groups attached to an aromatic ring is 1. The van der Waals surface area contributed by atoms with Crippen LogP contribution in [0.1, 0.15) is 21.8 Å². The lowest BCUT2D eigenvalue weighted by atomic mass is 9.95. The molecule has 0 bridgehead atoms. The summed E-state index contributed by atoms with van der Waals surface area (Å²) in [6, 6.07) is 30.8. The smallest absolute Gasteiger partial charge is 0.255 e. The van der Waals surface area contributed by atoms with Gasteiger partial charge >= 0.3 is 0 Å². The van der Waals surface area contributed by atoms with Crippen LogP contribution in [-0.4, -0.2) is 31.8 Å². The molecule has 3 amide bonds. The van der Waals surface area contributed by atoms with Gasteiger partial charge in [-0.05, 0) is 53.1 Å². The van der Waals surface area contributed by atoms with Crippen molar-refractivity contribution in [3.05, 3.63) is 114 Å². The summed E-state index contributed by atoms with van der Waals surface area (Å²) in [4.78, 5) is 40.4. The van der Waals surface area contributed by atoms with Crippen LogP contribution in [0.3, 0.4) is 0 Å². The van der Waals surface area contributed by atoms with Gasteiger partial charge in [-0.25, -0.2) is 0 Å². The van der Waals surface area contributed by atoms with Crippen LogP contribution in [0.2, 0.25) is 0 Å². The molecule has 186 valence electrons. The van der Waals surface area contributed by atoms with Gasteiger partial charge in [0, 0.05) is 25.3 Å². The van der Waals surface area contributed by atoms with Crippen molar-refractivity contribution in [3.63, 3.8) is 0 Å². The Labute approximate surface area is 215 Å². The first kappa shape index (κ1) is 25.2. The summed E-state index contributed by atoms with van der Waals surface area (Å²) in [5.74, 6) is -2.23. The number of carbonyl (C=O) groups excluding carboxylic acids is 3. The quantitative estimate of drug-likeness (QED) is 0.257. The van der Waals surface area contributed by atoms with E-state index in [2.05, 4.69) is 10.6 Å². The summed E-state index contributed by atoms with van der Waals surface area (Å²) in [6.07, 6.45) is 0. The fraction of sp³-hybridized carbons (Fsp3) is 0.100. The number of likely N-dealkylation sites (N-methyl/N-ethyl adjacent to an activating group) is 2. The highest BCUT2D eigenvalue weighted by atomic mass is 16.2. The summed E-state index contributed by atoms with van der Waals surface area (Å²) < 4.78 is 0. The molecule has 4 N–H and O–H groups in total. The first-order valence-electron chi connectivity index (χ1n) is 11.8. The molecule has 4 aromatic carbocycles. The molecule has 4 aromatic rings. The van der Waals surface area contributed by atoms with Gasteiger partial charge in [0.1, 0.15) is 5.92 Å². The monoisotopic (exact) mass is 492 g/mol. The first-order valence-corrected chi connectivity index (χ1v) is 11.8. The van der Waals surface area contributed by atoms with Crippen molar-refractivity contribution < 1.29 is 14.4 Å². The lowest BCUT2D eigenvalue weighted by Crippen LogP contribution is -2.39. The number of hydrogen-bond acceptors (Lipinski definition) is 4. The molecule has 0 aromatic heterocycles. The summed E-state index contributed by atoms with van der Waals surface area (Å²) in [5, 5.41) is 5.43. The maximum Gasteiger partial charge on any atom is 0.255 e. The van der Waals surface area contributed by atoms with Crippen LogP contribution in [-0.2, 0) is 9.59 Å². The van der Waals surface area contributed by atoms with Crippen molar-refractivity contribution in [2.24, 2.45) is 0 Å². The standard InChI is InChI=1S/C30H28N4O3/c1-32-29(36)27(30(37)34(2)24-11-7-4-8-12-24)21-13-15-22(16-14-21)28(35)33-26-19-23(17-18-25(26)31)20-9-5-3-6-10-20/h3-19,27H,31H2,1-2H3,(H,32,36)(H,33,35). The minimum atomic E-state index is -1.06. The Morgan fingerprint density at radius 2 is 1.41 bits per heavy atom. The molecule has 0 radical (unpaired) electrons. The van der Waals surface area contributed by atoms with Gasteiger partial charge in [0.05, 0.1) is 11.4 Å². The highest BCUT2D eigenvalue weighted by molar-refractivity contribution is 6.12. The average Bonchev–Trinajstić information content (AvgIpc) is 2.95. The summed E-state index contributed by atoms with van der Waals surface area (Å²) in [5.41, 5.74) is 10.5. The molecular formula is C30H28N4O3. The van der Waals surface area contributed by atoms with Crippen LogP contribution in [0.4, 0.5) is 17.1 Å². The van der Waals surface area contributed by atoms with E-state index < -0.39 is 11.8 Å². The Morgan fingerprint density at radius 1 is 0.784 bits per heavy atom. The number of nitrogens with two attached hydrogens (primary N) is 1. The maximum absolute atomic E-state index is 13.3. The molecule has 1 atom stereocenters. The highest BCUT2D eigenvalue weighted by Gasteiger charge is 2.31. The molecule has 0 spiro atoms. The second kappa shape index (κ2) is 11.2. The number of rotatable bonds is 7. The van der Waals surface area contributed by atoms with Gasteiger partial charge in [0.15, 0.2) is 0 Å². The van der Waals surface area contributed by atoms with E-state index in [-0.39, 0.29) is 11.8 Å².